The fourth-order valence-corrected chi connectivity index (χ4v) is 13.8. The standard InChI is InChI=1S/C68H77BN2/c1-41-32-43(62(2,3)4)28-30-55(41)70-57-38-50-49(65(11,12)40-66(50,13)14)36-53(57)69-54-37-51-52(68(17,18)48-27-23-22-26-47(48)67(51,15)16)39-58(54)71(60-35-45(64(8,9)10)34-59(70)61(60)69)56-31-29-44(63(5,6)7)33-46(56)42-24-20-19-21-25-42/h19-39H,40H2,1-18H3. The smallest absolute Gasteiger partial charge is 0.252 e. The van der Waals surface area contributed by atoms with Crippen molar-refractivity contribution >= 4 is 57.2 Å². The van der Waals surface area contributed by atoms with Crippen LogP contribution in [-0.2, 0) is 37.9 Å². The molecule has 2 nitrogen and oxygen atoms in total. The zero-order valence-corrected chi connectivity index (χ0v) is 46.3. The van der Waals surface area contributed by atoms with Crippen LogP contribution < -0.4 is 26.2 Å². The van der Waals surface area contributed by atoms with Crippen LogP contribution in [0.15, 0.2) is 127 Å². The third-order valence-corrected chi connectivity index (χ3v) is 17.7. The van der Waals surface area contributed by atoms with Crippen LogP contribution in [0.4, 0.5) is 34.1 Å². The van der Waals surface area contributed by atoms with Gasteiger partial charge in [0.15, 0.2) is 0 Å². The Balaban J connectivity index is 1.33. The number of aryl methyl sites for hydroxylation is 1. The van der Waals surface area contributed by atoms with Gasteiger partial charge in [-0.3, -0.25) is 0 Å². The molecule has 0 radical (unpaired) electrons. The lowest BCUT2D eigenvalue weighted by Gasteiger charge is -2.49. The first-order valence-electron chi connectivity index (χ1n) is 26.6. The molecule has 0 spiro atoms. The van der Waals surface area contributed by atoms with Crippen LogP contribution in [-0.4, -0.2) is 6.71 Å². The normalized spacial score (nSPS) is 17.7. The molecular formula is C68H77BN2. The minimum Gasteiger partial charge on any atom is -0.311 e. The Bertz CT molecular complexity index is 3360. The van der Waals surface area contributed by atoms with Gasteiger partial charge >= 0.3 is 0 Å². The summed E-state index contributed by atoms with van der Waals surface area (Å²) >= 11 is 0. The lowest BCUT2D eigenvalue weighted by atomic mass is 9.32. The first-order valence-corrected chi connectivity index (χ1v) is 26.6. The molecule has 0 amide bonds. The molecule has 0 fully saturated rings. The van der Waals surface area contributed by atoms with Gasteiger partial charge in [-0.1, -0.05) is 203 Å². The molecule has 7 aromatic carbocycles. The number of benzene rings is 7. The van der Waals surface area contributed by atoms with E-state index >= 15 is 0 Å². The first kappa shape index (κ1) is 47.5. The molecule has 0 saturated carbocycles. The molecule has 7 aromatic rings. The molecule has 0 atom stereocenters. The molecule has 0 bridgehead atoms. The van der Waals surface area contributed by atoms with Gasteiger partial charge in [0.05, 0.1) is 5.69 Å². The van der Waals surface area contributed by atoms with Gasteiger partial charge in [-0.15, -0.1) is 0 Å². The van der Waals surface area contributed by atoms with E-state index in [1.54, 1.807) is 0 Å². The zero-order valence-electron chi connectivity index (χ0n) is 46.3. The van der Waals surface area contributed by atoms with Crippen LogP contribution in [0.3, 0.4) is 0 Å². The minimum atomic E-state index is -0.229. The number of rotatable bonds is 3. The molecule has 2 aliphatic carbocycles. The third-order valence-electron chi connectivity index (χ3n) is 17.7. The van der Waals surface area contributed by atoms with Gasteiger partial charge in [-0.05, 0) is 160 Å². The lowest BCUT2D eigenvalue weighted by Crippen LogP contribution is -2.62. The fraction of sp³-hybridized carbons (Fsp3) is 0.382. The lowest BCUT2D eigenvalue weighted by molar-refractivity contribution is 0.403. The summed E-state index contributed by atoms with van der Waals surface area (Å²) in [6, 6.07) is 50.9. The highest BCUT2D eigenvalue weighted by atomic mass is 15.2. The van der Waals surface area contributed by atoms with E-state index in [4.69, 9.17) is 0 Å². The van der Waals surface area contributed by atoms with Crippen LogP contribution in [0.1, 0.15) is 180 Å². The summed E-state index contributed by atoms with van der Waals surface area (Å²) in [5.74, 6) is 0. The van der Waals surface area contributed by atoms with E-state index in [9.17, 15) is 0 Å². The molecule has 0 saturated heterocycles. The van der Waals surface area contributed by atoms with Crippen molar-refractivity contribution in [3.63, 3.8) is 0 Å². The van der Waals surface area contributed by atoms with Crippen LogP contribution >= 0.6 is 0 Å². The Kier molecular flexibility index (Phi) is 10.1. The van der Waals surface area contributed by atoms with Crippen molar-refractivity contribution in [2.45, 2.75) is 169 Å². The van der Waals surface area contributed by atoms with E-state index in [0.29, 0.717) is 0 Å². The van der Waals surface area contributed by atoms with Crippen LogP contribution in [0.2, 0.25) is 0 Å². The maximum absolute atomic E-state index is 2.72. The van der Waals surface area contributed by atoms with Gasteiger partial charge < -0.3 is 9.80 Å². The van der Waals surface area contributed by atoms with Gasteiger partial charge in [-0.25, -0.2) is 0 Å². The highest BCUT2D eigenvalue weighted by molar-refractivity contribution is 7.00. The summed E-state index contributed by atoms with van der Waals surface area (Å²) in [5, 5.41) is 0. The average molecular weight is 933 g/mol. The van der Waals surface area contributed by atoms with Gasteiger partial charge in [0.1, 0.15) is 0 Å². The largest absolute Gasteiger partial charge is 0.311 e. The minimum absolute atomic E-state index is 0.0131. The number of nitrogens with zero attached hydrogens (tertiary/aromatic N) is 2. The molecule has 362 valence electrons. The van der Waals surface area contributed by atoms with Gasteiger partial charge in [0.2, 0.25) is 0 Å². The van der Waals surface area contributed by atoms with Gasteiger partial charge in [-0.2, -0.15) is 0 Å². The number of hydrogen-bond donors (Lipinski definition) is 0. The Morgan fingerprint density at radius 1 is 0.394 bits per heavy atom. The van der Waals surface area contributed by atoms with Crippen molar-refractivity contribution in [3.8, 4) is 11.1 Å². The number of anilines is 6. The third kappa shape index (κ3) is 7.09. The van der Waals surface area contributed by atoms with Crippen molar-refractivity contribution in [1.82, 2.24) is 0 Å². The summed E-state index contributed by atoms with van der Waals surface area (Å²) < 4.78 is 0. The Morgan fingerprint density at radius 2 is 0.831 bits per heavy atom. The van der Waals surface area contributed by atoms with Crippen molar-refractivity contribution in [1.29, 1.82) is 0 Å². The van der Waals surface area contributed by atoms with Crippen molar-refractivity contribution in [2.75, 3.05) is 9.80 Å². The predicted molar refractivity (Wildman–Crippen MR) is 308 cm³/mol. The fourth-order valence-electron chi connectivity index (χ4n) is 13.8. The molecule has 0 N–H and O–H groups in total. The van der Waals surface area contributed by atoms with E-state index in [1.165, 1.54) is 117 Å². The average Bonchev–Trinajstić information content (AvgIpc) is 3.48. The van der Waals surface area contributed by atoms with Gasteiger partial charge in [0.25, 0.3) is 6.71 Å². The summed E-state index contributed by atoms with van der Waals surface area (Å²) in [6.07, 6.45) is 1.11. The molecule has 71 heavy (non-hydrogen) atoms. The molecule has 11 rings (SSSR count). The Morgan fingerprint density at radius 3 is 1.35 bits per heavy atom. The van der Waals surface area contributed by atoms with Crippen molar-refractivity contribution in [3.05, 3.63) is 183 Å². The molecule has 2 heterocycles. The molecule has 2 aliphatic heterocycles. The second kappa shape index (κ2) is 15.1. The van der Waals surface area contributed by atoms with E-state index in [0.717, 1.165) is 6.42 Å². The second-order valence-corrected chi connectivity index (χ2v) is 27.5. The topological polar surface area (TPSA) is 6.48 Å². The Labute approximate surface area is 428 Å². The quantitative estimate of drug-likeness (QED) is 0.163. The van der Waals surface area contributed by atoms with E-state index in [2.05, 4.69) is 262 Å². The molecule has 0 unspecified atom stereocenters. The predicted octanol–water partition coefficient (Wildman–Crippen LogP) is 16.6. The van der Waals surface area contributed by atoms with Crippen molar-refractivity contribution < 1.29 is 0 Å². The van der Waals surface area contributed by atoms with Gasteiger partial charge in [0, 0.05) is 44.8 Å². The second-order valence-electron chi connectivity index (χ2n) is 27.5. The highest BCUT2D eigenvalue weighted by Gasteiger charge is 2.51. The summed E-state index contributed by atoms with van der Waals surface area (Å²) in [5.41, 5.74) is 27.8. The zero-order chi connectivity index (χ0) is 50.9. The van der Waals surface area contributed by atoms with Crippen LogP contribution in [0.5, 0.6) is 0 Å². The molecule has 3 heteroatoms. The number of hydrogen-bond acceptors (Lipinski definition) is 2. The maximum atomic E-state index is 2.72. The molecule has 4 aliphatic rings. The van der Waals surface area contributed by atoms with Crippen molar-refractivity contribution in [2.24, 2.45) is 0 Å². The van der Waals surface area contributed by atoms with E-state index < -0.39 is 0 Å². The van der Waals surface area contributed by atoms with E-state index in [-0.39, 0.29) is 44.6 Å². The SMILES string of the molecule is Cc1cc(C(C)(C)C)ccc1N1c2cc3c(cc2B2c4cc5c(cc4N(c4ccc(C(C)(C)C)cc4-c4ccccc4)c4cc(C(C)(C)C)cc1c42)C(C)(C)c1ccccc1C5(C)C)C(C)(C)CC3(C)C. The first-order chi connectivity index (χ1) is 33.0. The monoisotopic (exact) mass is 933 g/mol. The summed E-state index contributed by atoms with van der Waals surface area (Å²) in [6.45, 7) is 43.3. The number of fused-ring (bicyclic) bond motifs is 7. The molecule has 0 aromatic heterocycles. The van der Waals surface area contributed by atoms with Crippen LogP contribution in [0, 0.1) is 6.92 Å². The summed E-state index contributed by atoms with van der Waals surface area (Å²) in [7, 11) is 0. The van der Waals surface area contributed by atoms with E-state index in [1.807, 2.05) is 0 Å². The summed E-state index contributed by atoms with van der Waals surface area (Å²) in [4.78, 5) is 5.42. The van der Waals surface area contributed by atoms with Crippen LogP contribution in [0.25, 0.3) is 11.1 Å². The molecular weight excluding hydrogens is 856 g/mol. The maximum Gasteiger partial charge on any atom is 0.252 e. The highest BCUT2D eigenvalue weighted by Crippen LogP contribution is 2.56. The Hall–Kier alpha value is -5.80.